The molecule has 1 unspecified atom stereocenters. The van der Waals surface area contributed by atoms with Crippen LogP contribution in [0.1, 0.15) is 18.7 Å². The molecule has 0 aromatic carbocycles. The zero-order chi connectivity index (χ0) is 9.80. The molecule has 0 aliphatic carbocycles. The molecule has 2 rings (SSSR count). The van der Waals surface area contributed by atoms with Gasteiger partial charge < -0.3 is 4.90 Å². The van der Waals surface area contributed by atoms with Crippen molar-refractivity contribution in [2.45, 2.75) is 19.3 Å². The van der Waals surface area contributed by atoms with Crippen molar-refractivity contribution in [3.8, 4) is 0 Å². The van der Waals surface area contributed by atoms with Crippen LogP contribution < -0.4 is 0 Å². The van der Waals surface area contributed by atoms with Gasteiger partial charge in [-0.2, -0.15) is 0 Å². The van der Waals surface area contributed by atoms with Crippen LogP contribution in [0.2, 0.25) is 0 Å². The van der Waals surface area contributed by atoms with Crippen LogP contribution in [0.25, 0.3) is 0 Å². The van der Waals surface area contributed by atoms with Gasteiger partial charge in [0.25, 0.3) is 0 Å². The summed E-state index contributed by atoms with van der Waals surface area (Å²) in [6.07, 6.45) is 7.32. The van der Waals surface area contributed by atoms with E-state index >= 15 is 0 Å². The fourth-order valence-electron chi connectivity index (χ4n) is 2.13. The van der Waals surface area contributed by atoms with Gasteiger partial charge in [-0.05, 0) is 38.4 Å². The van der Waals surface area contributed by atoms with Gasteiger partial charge in [0.05, 0.1) is 0 Å². The molecular formula is C11H17N3. The van der Waals surface area contributed by atoms with E-state index in [9.17, 15) is 0 Å². The largest absolute Gasteiger partial charge is 0.306 e. The van der Waals surface area contributed by atoms with E-state index in [1.165, 1.54) is 25.9 Å². The SMILES string of the molecule is CN1CCCC(Cc2ncccn2)C1. The first kappa shape index (κ1) is 9.59. The van der Waals surface area contributed by atoms with Gasteiger partial charge >= 0.3 is 0 Å². The highest BCUT2D eigenvalue weighted by Gasteiger charge is 2.17. The average molecular weight is 191 g/mol. The third-order valence-electron chi connectivity index (χ3n) is 2.81. The van der Waals surface area contributed by atoms with Gasteiger partial charge in [-0.1, -0.05) is 0 Å². The van der Waals surface area contributed by atoms with E-state index in [4.69, 9.17) is 0 Å². The fraction of sp³-hybridized carbons (Fsp3) is 0.636. The van der Waals surface area contributed by atoms with Gasteiger partial charge in [-0.25, -0.2) is 9.97 Å². The normalized spacial score (nSPS) is 23.6. The lowest BCUT2D eigenvalue weighted by molar-refractivity contribution is 0.207. The van der Waals surface area contributed by atoms with E-state index < -0.39 is 0 Å². The third kappa shape index (κ3) is 2.51. The Balaban J connectivity index is 1.91. The maximum atomic E-state index is 4.27. The molecule has 0 bridgehead atoms. The van der Waals surface area contributed by atoms with Crippen molar-refractivity contribution in [3.05, 3.63) is 24.3 Å². The van der Waals surface area contributed by atoms with E-state index in [0.717, 1.165) is 18.2 Å². The molecule has 0 spiro atoms. The molecule has 1 saturated heterocycles. The maximum absolute atomic E-state index is 4.27. The standard InChI is InChI=1S/C11H17N3/c1-14-7-2-4-10(9-14)8-11-12-5-3-6-13-11/h3,5-6,10H,2,4,7-9H2,1H3. The Labute approximate surface area is 85.2 Å². The van der Waals surface area contributed by atoms with Crippen LogP contribution in [-0.2, 0) is 6.42 Å². The Kier molecular flexibility index (Phi) is 3.09. The van der Waals surface area contributed by atoms with Crippen LogP contribution in [0.5, 0.6) is 0 Å². The Morgan fingerprint density at radius 3 is 2.93 bits per heavy atom. The van der Waals surface area contributed by atoms with Gasteiger partial charge in [0.2, 0.25) is 0 Å². The number of aromatic nitrogens is 2. The molecule has 76 valence electrons. The van der Waals surface area contributed by atoms with Crippen molar-refractivity contribution in [2.75, 3.05) is 20.1 Å². The van der Waals surface area contributed by atoms with Crippen molar-refractivity contribution < 1.29 is 0 Å². The van der Waals surface area contributed by atoms with Gasteiger partial charge in [0, 0.05) is 25.4 Å². The quantitative estimate of drug-likeness (QED) is 0.707. The molecular weight excluding hydrogens is 174 g/mol. The molecule has 3 heteroatoms. The molecule has 1 aromatic rings. The molecule has 0 N–H and O–H groups in total. The average Bonchev–Trinajstić information content (AvgIpc) is 2.19. The molecule has 0 saturated carbocycles. The fourth-order valence-corrected chi connectivity index (χ4v) is 2.13. The van der Waals surface area contributed by atoms with Crippen molar-refractivity contribution in [2.24, 2.45) is 5.92 Å². The van der Waals surface area contributed by atoms with Crippen LogP contribution in [0.15, 0.2) is 18.5 Å². The molecule has 0 radical (unpaired) electrons. The Hall–Kier alpha value is -0.960. The summed E-state index contributed by atoms with van der Waals surface area (Å²) in [7, 11) is 2.19. The van der Waals surface area contributed by atoms with Gasteiger partial charge in [0.1, 0.15) is 5.82 Å². The lowest BCUT2D eigenvalue weighted by Gasteiger charge is -2.29. The van der Waals surface area contributed by atoms with Gasteiger partial charge in [-0.3, -0.25) is 0 Å². The monoisotopic (exact) mass is 191 g/mol. The molecule has 1 atom stereocenters. The molecule has 1 aliphatic heterocycles. The maximum Gasteiger partial charge on any atom is 0.128 e. The summed E-state index contributed by atoms with van der Waals surface area (Å²) in [4.78, 5) is 10.9. The second kappa shape index (κ2) is 4.51. The molecule has 1 aromatic heterocycles. The summed E-state index contributed by atoms with van der Waals surface area (Å²) in [6.45, 7) is 2.43. The molecule has 1 fully saturated rings. The smallest absolute Gasteiger partial charge is 0.128 e. The van der Waals surface area contributed by atoms with Crippen molar-refractivity contribution in [3.63, 3.8) is 0 Å². The Morgan fingerprint density at radius 1 is 1.43 bits per heavy atom. The number of piperidine rings is 1. The zero-order valence-electron chi connectivity index (χ0n) is 8.69. The van der Waals surface area contributed by atoms with Crippen LogP contribution in [0, 0.1) is 5.92 Å². The van der Waals surface area contributed by atoms with Crippen LogP contribution in [0.3, 0.4) is 0 Å². The van der Waals surface area contributed by atoms with Crippen molar-refractivity contribution in [1.29, 1.82) is 0 Å². The van der Waals surface area contributed by atoms with Gasteiger partial charge in [-0.15, -0.1) is 0 Å². The number of hydrogen-bond acceptors (Lipinski definition) is 3. The summed E-state index contributed by atoms with van der Waals surface area (Å²) in [5.74, 6) is 1.74. The number of nitrogens with zero attached hydrogens (tertiary/aromatic N) is 3. The summed E-state index contributed by atoms with van der Waals surface area (Å²) >= 11 is 0. The third-order valence-corrected chi connectivity index (χ3v) is 2.81. The van der Waals surface area contributed by atoms with E-state index in [1.54, 1.807) is 0 Å². The predicted octanol–water partition coefficient (Wildman–Crippen LogP) is 1.36. The predicted molar refractivity (Wildman–Crippen MR) is 56.0 cm³/mol. The summed E-state index contributed by atoms with van der Waals surface area (Å²) in [6, 6.07) is 1.87. The summed E-state index contributed by atoms with van der Waals surface area (Å²) < 4.78 is 0. The topological polar surface area (TPSA) is 29.0 Å². The highest BCUT2D eigenvalue weighted by molar-refractivity contribution is 4.91. The van der Waals surface area contributed by atoms with E-state index in [-0.39, 0.29) is 0 Å². The first-order valence-corrected chi connectivity index (χ1v) is 5.29. The molecule has 14 heavy (non-hydrogen) atoms. The Bertz CT molecular complexity index is 273. The lowest BCUT2D eigenvalue weighted by Crippen LogP contribution is -2.33. The van der Waals surface area contributed by atoms with Crippen LogP contribution in [-0.4, -0.2) is 35.0 Å². The number of likely N-dealkylation sites (tertiary alicyclic amines) is 1. The first-order valence-electron chi connectivity index (χ1n) is 5.29. The summed E-state index contributed by atoms with van der Waals surface area (Å²) in [5, 5.41) is 0. The molecule has 1 aliphatic rings. The van der Waals surface area contributed by atoms with E-state index in [0.29, 0.717) is 0 Å². The molecule has 3 nitrogen and oxygen atoms in total. The highest BCUT2D eigenvalue weighted by Crippen LogP contribution is 2.17. The molecule has 2 heterocycles. The minimum Gasteiger partial charge on any atom is -0.306 e. The zero-order valence-corrected chi connectivity index (χ0v) is 8.69. The Morgan fingerprint density at radius 2 is 2.21 bits per heavy atom. The molecule has 0 amide bonds. The lowest BCUT2D eigenvalue weighted by atomic mass is 9.95. The second-order valence-corrected chi connectivity index (χ2v) is 4.14. The highest BCUT2D eigenvalue weighted by atomic mass is 15.1. The number of rotatable bonds is 2. The minimum absolute atomic E-state index is 0.746. The van der Waals surface area contributed by atoms with E-state index in [2.05, 4.69) is 21.9 Å². The van der Waals surface area contributed by atoms with Crippen molar-refractivity contribution in [1.82, 2.24) is 14.9 Å². The van der Waals surface area contributed by atoms with Crippen LogP contribution >= 0.6 is 0 Å². The minimum atomic E-state index is 0.746. The van der Waals surface area contributed by atoms with Crippen LogP contribution in [0.4, 0.5) is 0 Å². The second-order valence-electron chi connectivity index (χ2n) is 4.14. The van der Waals surface area contributed by atoms with Crippen molar-refractivity contribution >= 4 is 0 Å². The summed E-state index contributed by atoms with van der Waals surface area (Å²) in [5.41, 5.74) is 0. The van der Waals surface area contributed by atoms with E-state index in [1.807, 2.05) is 18.5 Å². The first-order chi connectivity index (χ1) is 6.84. The number of hydrogen-bond donors (Lipinski definition) is 0. The van der Waals surface area contributed by atoms with Gasteiger partial charge in [0.15, 0.2) is 0 Å².